The summed E-state index contributed by atoms with van der Waals surface area (Å²) in [5.74, 6) is 0. The van der Waals surface area contributed by atoms with Gasteiger partial charge in [-0.1, -0.05) is 33.6 Å². The molecule has 0 aliphatic rings. The monoisotopic (exact) mass is 258 g/mol. The van der Waals surface area contributed by atoms with Crippen LogP contribution >= 0.6 is 15.9 Å². The molecule has 0 aromatic heterocycles. The maximum Gasteiger partial charge on any atom is 0.147 e. The van der Waals surface area contributed by atoms with Gasteiger partial charge in [0.25, 0.3) is 0 Å². The highest BCUT2D eigenvalue weighted by molar-refractivity contribution is 9.10. The van der Waals surface area contributed by atoms with E-state index in [1.165, 1.54) is 5.56 Å². The lowest BCUT2D eigenvalue weighted by Gasteiger charge is -2.14. The topological polar surface area (TPSA) is 18.5 Å². The lowest BCUT2D eigenvalue weighted by Crippen LogP contribution is -2.03. The summed E-state index contributed by atoms with van der Waals surface area (Å²) in [7, 11) is 1.62. The molecule has 1 atom stereocenters. The van der Waals surface area contributed by atoms with Gasteiger partial charge in [0.2, 0.25) is 0 Å². The average Bonchev–Trinajstić information content (AvgIpc) is 2.18. The number of methoxy groups -OCH3 is 1. The van der Waals surface area contributed by atoms with Crippen LogP contribution in [-0.4, -0.2) is 13.9 Å². The Labute approximate surface area is 93.4 Å². The summed E-state index contributed by atoms with van der Waals surface area (Å²) in [4.78, 5) is 0. The van der Waals surface area contributed by atoms with Crippen molar-refractivity contribution in [2.45, 2.75) is 20.0 Å². The van der Waals surface area contributed by atoms with Crippen LogP contribution in [0.1, 0.15) is 24.2 Å². The second-order valence-corrected chi connectivity index (χ2v) is 4.09. The molecule has 3 heteroatoms. The van der Waals surface area contributed by atoms with Crippen LogP contribution in [0.25, 0.3) is 0 Å². The van der Waals surface area contributed by atoms with Crippen LogP contribution < -0.4 is 0 Å². The van der Waals surface area contributed by atoms with Gasteiger partial charge in [-0.05, 0) is 25.5 Å². The van der Waals surface area contributed by atoms with Gasteiger partial charge in [0.1, 0.15) is 6.79 Å². The molecular formula is C11H15BrO2. The Balaban J connectivity index is 2.77. The minimum Gasteiger partial charge on any atom is -0.359 e. The number of ether oxygens (including phenoxy) is 2. The third-order valence-corrected chi connectivity index (χ3v) is 2.75. The maximum absolute atomic E-state index is 5.46. The van der Waals surface area contributed by atoms with Crippen molar-refractivity contribution < 1.29 is 9.47 Å². The van der Waals surface area contributed by atoms with Gasteiger partial charge in [0, 0.05) is 11.6 Å². The van der Waals surface area contributed by atoms with E-state index in [1.807, 2.05) is 13.0 Å². The van der Waals surface area contributed by atoms with Crippen molar-refractivity contribution in [2.24, 2.45) is 0 Å². The van der Waals surface area contributed by atoms with E-state index >= 15 is 0 Å². The summed E-state index contributed by atoms with van der Waals surface area (Å²) < 4.78 is 11.4. The van der Waals surface area contributed by atoms with Crippen molar-refractivity contribution in [3.05, 3.63) is 33.8 Å². The lowest BCUT2D eigenvalue weighted by molar-refractivity contribution is -0.0668. The largest absolute Gasteiger partial charge is 0.359 e. The van der Waals surface area contributed by atoms with E-state index < -0.39 is 0 Å². The zero-order valence-corrected chi connectivity index (χ0v) is 10.3. The molecular weight excluding hydrogens is 244 g/mol. The van der Waals surface area contributed by atoms with E-state index in [0.717, 1.165) is 10.0 Å². The van der Waals surface area contributed by atoms with Crippen molar-refractivity contribution in [3.8, 4) is 0 Å². The fraction of sp³-hybridized carbons (Fsp3) is 0.455. The predicted octanol–water partition coefficient (Wildman–Crippen LogP) is 3.44. The molecule has 1 unspecified atom stereocenters. The number of hydrogen-bond acceptors (Lipinski definition) is 2. The first-order valence-electron chi connectivity index (χ1n) is 4.51. The Kier molecular flexibility index (Phi) is 4.58. The highest BCUT2D eigenvalue weighted by Crippen LogP contribution is 2.26. The third kappa shape index (κ3) is 3.08. The average molecular weight is 259 g/mol. The van der Waals surface area contributed by atoms with Crippen LogP contribution in [-0.2, 0) is 9.47 Å². The highest BCUT2D eigenvalue weighted by atomic mass is 79.9. The Bertz CT molecular complexity index is 299. The molecule has 0 spiro atoms. The smallest absolute Gasteiger partial charge is 0.147 e. The van der Waals surface area contributed by atoms with Gasteiger partial charge >= 0.3 is 0 Å². The van der Waals surface area contributed by atoms with Crippen molar-refractivity contribution in [3.63, 3.8) is 0 Å². The fourth-order valence-corrected chi connectivity index (χ4v) is 1.80. The SMILES string of the molecule is COCOC(C)c1cc(C)ccc1Br. The third-order valence-electron chi connectivity index (χ3n) is 2.03. The summed E-state index contributed by atoms with van der Waals surface area (Å²) in [6, 6.07) is 6.22. The van der Waals surface area contributed by atoms with E-state index in [4.69, 9.17) is 9.47 Å². The molecule has 0 aliphatic heterocycles. The Hall–Kier alpha value is -0.380. The molecule has 1 rings (SSSR count). The summed E-state index contributed by atoms with van der Waals surface area (Å²) >= 11 is 3.50. The number of aryl methyl sites for hydroxylation is 1. The molecule has 2 nitrogen and oxygen atoms in total. The van der Waals surface area contributed by atoms with Crippen molar-refractivity contribution in [1.82, 2.24) is 0 Å². The van der Waals surface area contributed by atoms with Gasteiger partial charge in [-0.15, -0.1) is 0 Å². The first kappa shape index (κ1) is 11.7. The molecule has 1 aromatic rings. The van der Waals surface area contributed by atoms with E-state index in [2.05, 4.69) is 35.0 Å². The van der Waals surface area contributed by atoms with E-state index in [9.17, 15) is 0 Å². The summed E-state index contributed by atoms with van der Waals surface area (Å²) in [6.07, 6.45) is 0.0456. The van der Waals surface area contributed by atoms with Crippen LogP contribution in [0.5, 0.6) is 0 Å². The standard InChI is InChI=1S/C11H15BrO2/c1-8-4-5-11(12)10(6-8)9(2)14-7-13-3/h4-6,9H,7H2,1-3H3. The minimum atomic E-state index is 0.0456. The van der Waals surface area contributed by atoms with E-state index in [1.54, 1.807) is 7.11 Å². The zero-order valence-electron chi connectivity index (χ0n) is 8.71. The Morgan fingerprint density at radius 1 is 1.43 bits per heavy atom. The molecule has 0 heterocycles. The summed E-state index contributed by atoms with van der Waals surface area (Å²) in [5, 5.41) is 0. The number of hydrogen-bond donors (Lipinski definition) is 0. The molecule has 78 valence electrons. The van der Waals surface area contributed by atoms with Gasteiger partial charge in [-0.2, -0.15) is 0 Å². The van der Waals surface area contributed by atoms with Crippen LogP contribution in [0.4, 0.5) is 0 Å². The number of benzene rings is 1. The van der Waals surface area contributed by atoms with E-state index in [0.29, 0.717) is 6.79 Å². The van der Waals surface area contributed by atoms with Gasteiger partial charge in [-0.3, -0.25) is 0 Å². The molecule has 0 saturated carbocycles. The van der Waals surface area contributed by atoms with E-state index in [-0.39, 0.29) is 6.10 Å². The summed E-state index contributed by atoms with van der Waals surface area (Å²) in [5.41, 5.74) is 2.39. The van der Waals surface area contributed by atoms with Gasteiger partial charge in [0.05, 0.1) is 6.10 Å². The molecule has 0 aliphatic carbocycles. The molecule has 0 fully saturated rings. The van der Waals surface area contributed by atoms with Crippen molar-refractivity contribution in [1.29, 1.82) is 0 Å². The molecule has 0 saturated heterocycles. The van der Waals surface area contributed by atoms with Crippen LogP contribution in [0.3, 0.4) is 0 Å². The number of halogens is 1. The molecule has 0 bridgehead atoms. The predicted molar refractivity (Wildman–Crippen MR) is 60.3 cm³/mol. The van der Waals surface area contributed by atoms with Gasteiger partial charge in [-0.25, -0.2) is 0 Å². The second kappa shape index (κ2) is 5.49. The van der Waals surface area contributed by atoms with Crippen LogP contribution in [0, 0.1) is 6.92 Å². The second-order valence-electron chi connectivity index (χ2n) is 3.24. The minimum absolute atomic E-state index is 0.0456. The molecule has 0 amide bonds. The molecule has 14 heavy (non-hydrogen) atoms. The highest BCUT2D eigenvalue weighted by Gasteiger charge is 2.09. The van der Waals surface area contributed by atoms with Crippen molar-refractivity contribution >= 4 is 15.9 Å². The normalized spacial score (nSPS) is 12.9. The molecule has 1 aromatic carbocycles. The molecule has 0 radical (unpaired) electrons. The summed E-state index contributed by atoms with van der Waals surface area (Å²) in [6.45, 7) is 4.40. The zero-order chi connectivity index (χ0) is 10.6. The maximum atomic E-state index is 5.46. The quantitative estimate of drug-likeness (QED) is 0.771. The molecule has 0 N–H and O–H groups in total. The lowest BCUT2D eigenvalue weighted by atomic mass is 10.1. The van der Waals surface area contributed by atoms with Gasteiger partial charge < -0.3 is 9.47 Å². The Morgan fingerprint density at radius 2 is 2.14 bits per heavy atom. The number of rotatable bonds is 4. The first-order valence-corrected chi connectivity index (χ1v) is 5.31. The Morgan fingerprint density at radius 3 is 2.79 bits per heavy atom. The fourth-order valence-electron chi connectivity index (χ4n) is 1.23. The van der Waals surface area contributed by atoms with Crippen molar-refractivity contribution in [2.75, 3.05) is 13.9 Å². The van der Waals surface area contributed by atoms with Crippen LogP contribution in [0.2, 0.25) is 0 Å². The van der Waals surface area contributed by atoms with Gasteiger partial charge in [0.15, 0.2) is 0 Å². The first-order chi connectivity index (χ1) is 6.65. The van der Waals surface area contributed by atoms with Crippen LogP contribution in [0.15, 0.2) is 22.7 Å².